The number of nitrogens with one attached hydrogen (secondary N) is 1. The van der Waals surface area contributed by atoms with Crippen molar-refractivity contribution < 1.29 is 4.79 Å². The van der Waals surface area contributed by atoms with Crippen molar-refractivity contribution in [2.45, 2.75) is 38.5 Å². The molecule has 20 heavy (non-hydrogen) atoms. The first-order valence-corrected chi connectivity index (χ1v) is 8.19. The van der Waals surface area contributed by atoms with Crippen LogP contribution in [0.4, 0.5) is 0 Å². The van der Waals surface area contributed by atoms with Crippen LogP contribution in [0.25, 0.3) is 0 Å². The van der Waals surface area contributed by atoms with Crippen molar-refractivity contribution in [3.63, 3.8) is 0 Å². The summed E-state index contributed by atoms with van der Waals surface area (Å²) in [4.78, 5) is 11.9. The molecule has 2 nitrogen and oxygen atoms in total. The number of carbonyl (C=O) groups is 1. The second-order valence-corrected chi connectivity index (χ2v) is 6.06. The summed E-state index contributed by atoms with van der Waals surface area (Å²) in [6.45, 7) is 0.797. The highest BCUT2D eigenvalue weighted by Crippen LogP contribution is 2.30. The Morgan fingerprint density at radius 2 is 1.85 bits per heavy atom. The minimum Gasteiger partial charge on any atom is -0.356 e. The number of rotatable bonds is 6. The van der Waals surface area contributed by atoms with Crippen LogP contribution in [-0.4, -0.2) is 18.3 Å². The first-order valence-electron chi connectivity index (χ1n) is 7.66. The van der Waals surface area contributed by atoms with Crippen molar-refractivity contribution >= 4 is 17.5 Å². The van der Waals surface area contributed by atoms with Gasteiger partial charge in [0.05, 0.1) is 0 Å². The van der Waals surface area contributed by atoms with Gasteiger partial charge in [-0.2, -0.15) is 0 Å². The Bertz CT molecular complexity index is 407. The molecule has 1 aromatic carbocycles. The number of hydrogen-bond donors (Lipinski definition) is 1. The van der Waals surface area contributed by atoms with Crippen LogP contribution in [0.5, 0.6) is 0 Å². The molecule has 2 atom stereocenters. The Labute approximate surface area is 126 Å². The molecule has 1 aliphatic rings. The number of amides is 1. The van der Waals surface area contributed by atoms with E-state index in [1.807, 2.05) is 18.2 Å². The van der Waals surface area contributed by atoms with E-state index in [4.69, 9.17) is 11.6 Å². The Kier molecular flexibility index (Phi) is 6.38. The number of benzene rings is 1. The first kappa shape index (κ1) is 15.4. The molecule has 1 aromatic rings. The molecule has 110 valence electrons. The van der Waals surface area contributed by atoms with Gasteiger partial charge in [-0.05, 0) is 36.7 Å². The number of hydrogen-bond acceptors (Lipinski definition) is 1. The van der Waals surface area contributed by atoms with Crippen LogP contribution in [0.3, 0.4) is 0 Å². The third-order valence-corrected chi connectivity index (χ3v) is 4.71. The topological polar surface area (TPSA) is 29.1 Å². The van der Waals surface area contributed by atoms with Gasteiger partial charge in [-0.25, -0.2) is 0 Å². The van der Waals surface area contributed by atoms with Gasteiger partial charge in [-0.1, -0.05) is 43.2 Å². The molecule has 1 N–H and O–H groups in total. The molecule has 0 bridgehead atoms. The Morgan fingerprint density at radius 1 is 1.15 bits per heavy atom. The van der Waals surface area contributed by atoms with E-state index in [0.29, 0.717) is 18.3 Å². The quantitative estimate of drug-likeness (QED) is 0.795. The van der Waals surface area contributed by atoms with Gasteiger partial charge in [0.2, 0.25) is 5.91 Å². The molecule has 1 saturated carbocycles. The van der Waals surface area contributed by atoms with Gasteiger partial charge < -0.3 is 5.32 Å². The third-order valence-electron chi connectivity index (χ3n) is 4.31. The van der Waals surface area contributed by atoms with Crippen LogP contribution in [0, 0.1) is 11.8 Å². The average molecular weight is 294 g/mol. The highest BCUT2D eigenvalue weighted by Gasteiger charge is 2.24. The van der Waals surface area contributed by atoms with Crippen molar-refractivity contribution in [3.05, 3.63) is 35.9 Å². The van der Waals surface area contributed by atoms with Gasteiger partial charge >= 0.3 is 0 Å². The average Bonchev–Trinajstić information content (AvgIpc) is 2.52. The van der Waals surface area contributed by atoms with Crippen molar-refractivity contribution in [1.29, 1.82) is 0 Å². The Balaban J connectivity index is 1.69. The number of alkyl halides is 1. The second-order valence-electron chi connectivity index (χ2n) is 5.75. The van der Waals surface area contributed by atoms with Crippen molar-refractivity contribution in [1.82, 2.24) is 5.32 Å². The van der Waals surface area contributed by atoms with Gasteiger partial charge in [0, 0.05) is 18.8 Å². The summed E-state index contributed by atoms with van der Waals surface area (Å²) >= 11 is 6.02. The Hall–Kier alpha value is -1.02. The predicted molar refractivity (Wildman–Crippen MR) is 83.9 cm³/mol. The van der Waals surface area contributed by atoms with E-state index in [1.54, 1.807) is 0 Å². The summed E-state index contributed by atoms with van der Waals surface area (Å²) in [5, 5.41) is 3.09. The summed E-state index contributed by atoms with van der Waals surface area (Å²) in [6.07, 6.45) is 6.37. The number of carbonyl (C=O) groups excluding carboxylic acids is 1. The van der Waals surface area contributed by atoms with E-state index in [-0.39, 0.29) is 5.91 Å². The molecule has 0 radical (unpaired) electrons. The van der Waals surface area contributed by atoms with Crippen LogP contribution in [0.15, 0.2) is 30.3 Å². The van der Waals surface area contributed by atoms with Crippen LogP contribution in [0.1, 0.15) is 37.7 Å². The lowest BCUT2D eigenvalue weighted by Crippen LogP contribution is -2.35. The van der Waals surface area contributed by atoms with Crippen LogP contribution >= 0.6 is 11.6 Å². The highest BCUT2D eigenvalue weighted by atomic mass is 35.5. The third kappa shape index (κ3) is 4.82. The zero-order valence-corrected chi connectivity index (χ0v) is 12.7. The molecule has 0 spiro atoms. The molecule has 0 heterocycles. The van der Waals surface area contributed by atoms with Crippen LogP contribution in [-0.2, 0) is 11.2 Å². The summed E-state index contributed by atoms with van der Waals surface area (Å²) in [6, 6.07) is 10.2. The minimum absolute atomic E-state index is 0.160. The lowest BCUT2D eigenvalue weighted by Gasteiger charge is -2.30. The summed E-state index contributed by atoms with van der Waals surface area (Å²) in [5.74, 6) is 2.04. The van der Waals surface area contributed by atoms with E-state index in [1.165, 1.54) is 31.2 Å². The molecule has 2 rings (SSSR count). The smallest absolute Gasteiger partial charge is 0.220 e. The maximum atomic E-state index is 11.9. The van der Waals surface area contributed by atoms with E-state index in [9.17, 15) is 4.79 Å². The first-order chi connectivity index (χ1) is 9.79. The molecular formula is C17H24ClNO. The summed E-state index contributed by atoms with van der Waals surface area (Å²) in [5.41, 5.74) is 1.22. The molecule has 2 unspecified atom stereocenters. The van der Waals surface area contributed by atoms with E-state index >= 15 is 0 Å². The Morgan fingerprint density at radius 3 is 2.55 bits per heavy atom. The second kappa shape index (κ2) is 8.31. The van der Waals surface area contributed by atoms with Crippen LogP contribution in [0.2, 0.25) is 0 Å². The van der Waals surface area contributed by atoms with Gasteiger partial charge in [0.15, 0.2) is 0 Å². The molecule has 1 amide bonds. The lowest BCUT2D eigenvalue weighted by atomic mass is 9.80. The fraction of sp³-hybridized carbons (Fsp3) is 0.588. The predicted octanol–water partition coefficient (Wildman–Crippen LogP) is 3.78. The van der Waals surface area contributed by atoms with E-state index in [2.05, 4.69) is 17.4 Å². The number of halogens is 1. The van der Waals surface area contributed by atoms with E-state index < -0.39 is 0 Å². The molecule has 3 heteroatoms. The lowest BCUT2D eigenvalue weighted by molar-refractivity contribution is -0.121. The molecule has 0 aliphatic heterocycles. The van der Waals surface area contributed by atoms with Gasteiger partial charge in [-0.15, -0.1) is 11.6 Å². The van der Waals surface area contributed by atoms with Crippen molar-refractivity contribution in [2.24, 2.45) is 11.8 Å². The molecule has 0 saturated heterocycles. The zero-order chi connectivity index (χ0) is 14.2. The normalized spacial score (nSPS) is 22.4. The fourth-order valence-electron chi connectivity index (χ4n) is 2.99. The van der Waals surface area contributed by atoms with Crippen molar-refractivity contribution in [3.8, 4) is 0 Å². The monoisotopic (exact) mass is 293 g/mol. The maximum Gasteiger partial charge on any atom is 0.220 e. The largest absolute Gasteiger partial charge is 0.356 e. The SMILES string of the molecule is O=C(CCc1ccccc1)NCC1CCCCC1CCl. The molecule has 1 aliphatic carbocycles. The van der Waals surface area contributed by atoms with Gasteiger partial charge in [0.1, 0.15) is 0 Å². The summed E-state index contributed by atoms with van der Waals surface area (Å²) < 4.78 is 0. The van der Waals surface area contributed by atoms with Gasteiger partial charge in [0.25, 0.3) is 0 Å². The molecular weight excluding hydrogens is 270 g/mol. The van der Waals surface area contributed by atoms with Crippen LogP contribution < -0.4 is 5.32 Å². The minimum atomic E-state index is 0.160. The zero-order valence-electron chi connectivity index (χ0n) is 12.0. The van der Waals surface area contributed by atoms with Crippen molar-refractivity contribution in [2.75, 3.05) is 12.4 Å². The summed E-state index contributed by atoms with van der Waals surface area (Å²) in [7, 11) is 0. The van der Waals surface area contributed by atoms with Gasteiger partial charge in [-0.3, -0.25) is 4.79 Å². The highest BCUT2D eigenvalue weighted by molar-refractivity contribution is 6.18. The maximum absolute atomic E-state index is 11.9. The molecule has 1 fully saturated rings. The number of aryl methyl sites for hydroxylation is 1. The standard InChI is InChI=1S/C17H24ClNO/c18-12-15-8-4-5-9-16(15)13-19-17(20)11-10-14-6-2-1-3-7-14/h1-3,6-7,15-16H,4-5,8-13H2,(H,19,20). The molecule has 0 aromatic heterocycles. The fourth-order valence-corrected chi connectivity index (χ4v) is 3.40. The van der Waals surface area contributed by atoms with E-state index in [0.717, 1.165) is 18.8 Å².